The Morgan fingerprint density at radius 1 is 1.10 bits per heavy atom. The number of aryl methyl sites for hydroxylation is 1. The molecule has 0 spiro atoms. The smallest absolute Gasteiger partial charge is 0.338 e. The van der Waals surface area contributed by atoms with Gasteiger partial charge < -0.3 is 15.4 Å². The van der Waals surface area contributed by atoms with Gasteiger partial charge in [0.05, 0.1) is 11.1 Å². The molecule has 29 heavy (non-hydrogen) atoms. The van der Waals surface area contributed by atoms with Crippen molar-refractivity contribution in [1.29, 1.82) is 5.26 Å². The quantitative estimate of drug-likeness (QED) is 0.577. The number of nitrogens with zero attached hydrogens (tertiary/aromatic N) is 1. The van der Waals surface area contributed by atoms with Gasteiger partial charge in [-0.2, -0.15) is 5.26 Å². The molecule has 2 amide bonds. The Bertz CT molecular complexity index is 973. The normalized spacial score (nSPS) is 12.8. The number of thiophene rings is 1. The first-order valence-corrected chi connectivity index (χ1v) is 10.2. The molecular weight excluding hydrogens is 390 g/mol. The number of nitriles is 1. The minimum Gasteiger partial charge on any atom is -0.452 e. The van der Waals surface area contributed by atoms with Crippen LogP contribution in [-0.4, -0.2) is 24.4 Å². The molecule has 0 saturated carbocycles. The lowest BCUT2D eigenvalue weighted by Gasteiger charge is -2.07. The Kier molecular flexibility index (Phi) is 6.62. The number of anilines is 2. The van der Waals surface area contributed by atoms with Crippen molar-refractivity contribution in [2.75, 3.05) is 17.2 Å². The summed E-state index contributed by atoms with van der Waals surface area (Å²) in [6.07, 6.45) is 5.06. The number of esters is 1. The number of benzene rings is 1. The van der Waals surface area contributed by atoms with Crippen LogP contribution in [0.25, 0.3) is 0 Å². The van der Waals surface area contributed by atoms with E-state index in [9.17, 15) is 19.6 Å². The van der Waals surface area contributed by atoms with Gasteiger partial charge in [-0.3, -0.25) is 9.59 Å². The maximum absolute atomic E-state index is 12.2. The molecule has 0 radical (unpaired) electrons. The van der Waals surface area contributed by atoms with Gasteiger partial charge in [-0.1, -0.05) is 6.42 Å². The summed E-state index contributed by atoms with van der Waals surface area (Å²) >= 11 is 1.44. The zero-order chi connectivity index (χ0) is 20.8. The predicted octanol–water partition coefficient (Wildman–Crippen LogP) is 3.64. The molecule has 7 nitrogen and oxygen atoms in total. The van der Waals surface area contributed by atoms with E-state index in [0.29, 0.717) is 16.3 Å². The molecule has 1 aliphatic rings. The fraction of sp³-hybridized carbons (Fsp3) is 0.333. The number of rotatable bonds is 5. The molecule has 8 heteroatoms. The van der Waals surface area contributed by atoms with Crippen LogP contribution in [0.2, 0.25) is 0 Å². The van der Waals surface area contributed by atoms with E-state index in [1.807, 2.05) is 0 Å². The van der Waals surface area contributed by atoms with Gasteiger partial charge in [0, 0.05) is 17.5 Å². The summed E-state index contributed by atoms with van der Waals surface area (Å²) in [4.78, 5) is 36.5. The van der Waals surface area contributed by atoms with Crippen LogP contribution in [-0.2, 0) is 27.2 Å². The van der Waals surface area contributed by atoms with E-state index in [1.165, 1.54) is 30.4 Å². The second-order valence-corrected chi connectivity index (χ2v) is 7.87. The lowest BCUT2D eigenvalue weighted by Crippen LogP contribution is -2.21. The molecule has 2 N–H and O–H groups in total. The Balaban J connectivity index is 1.58. The molecule has 1 aromatic heterocycles. The maximum Gasteiger partial charge on any atom is 0.338 e. The van der Waals surface area contributed by atoms with Gasteiger partial charge in [-0.25, -0.2) is 4.79 Å². The molecule has 0 atom stereocenters. The van der Waals surface area contributed by atoms with Crippen LogP contribution in [0.3, 0.4) is 0 Å². The third-order valence-corrected chi connectivity index (χ3v) is 5.77. The SMILES string of the molecule is CC(=O)Nc1ccc(C(=O)OCC(=O)Nc2sc3c(c2C#N)CCCCC3)cc1. The molecule has 1 heterocycles. The minimum absolute atomic E-state index is 0.209. The highest BCUT2D eigenvalue weighted by Gasteiger charge is 2.21. The van der Waals surface area contributed by atoms with Crippen molar-refractivity contribution in [3.63, 3.8) is 0 Å². The van der Waals surface area contributed by atoms with Crippen molar-refractivity contribution in [2.24, 2.45) is 0 Å². The molecule has 1 aliphatic carbocycles. The molecule has 0 fully saturated rings. The van der Waals surface area contributed by atoms with Gasteiger partial charge in [-0.15, -0.1) is 11.3 Å². The molecule has 0 aliphatic heterocycles. The van der Waals surface area contributed by atoms with Crippen LogP contribution in [0.4, 0.5) is 10.7 Å². The molecular formula is C21H21N3O4S. The van der Waals surface area contributed by atoms with Crippen LogP contribution in [0.1, 0.15) is 52.5 Å². The highest BCUT2D eigenvalue weighted by atomic mass is 32.1. The van der Waals surface area contributed by atoms with Gasteiger partial charge in [0.25, 0.3) is 5.91 Å². The van der Waals surface area contributed by atoms with E-state index in [1.54, 1.807) is 12.1 Å². The van der Waals surface area contributed by atoms with Gasteiger partial charge in [0.15, 0.2) is 6.61 Å². The fourth-order valence-electron chi connectivity index (χ4n) is 3.22. The number of hydrogen-bond donors (Lipinski definition) is 2. The number of carbonyl (C=O) groups is 3. The fourth-order valence-corrected chi connectivity index (χ4v) is 4.47. The van der Waals surface area contributed by atoms with Gasteiger partial charge in [0.1, 0.15) is 11.1 Å². The summed E-state index contributed by atoms with van der Waals surface area (Å²) in [6, 6.07) is 8.38. The van der Waals surface area contributed by atoms with Crippen LogP contribution >= 0.6 is 11.3 Å². The van der Waals surface area contributed by atoms with E-state index < -0.39 is 18.5 Å². The Hall–Kier alpha value is -3.18. The summed E-state index contributed by atoms with van der Waals surface area (Å²) in [5.41, 5.74) is 2.41. The molecule has 0 saturated heterocycles. The monoisotopic (exact) mass is 411 g/mol. The first-order valence-electron chi connectivity index (χ1n) is 9.37. The number of nitrogens with one attached hydrogen (secondary N) is 2. The van der Waals surface area contributed by atoms with Crippen LogP contribution < -0.4 is 10.6 Å². The summed E-state index contributed by atoms with van der Waals surface area (Å²) < 4.78 is 5.06. The first kappa shape index (κ1) is 20.6. The zero-order valence-corrected chi connectivity index (χ0v) is 16.9. The second-order valence-electron chi connectivity index (χ2n) is 6.76. The molecule has 1 aromatic carbocycles. The topological polar surface area (TPSA) is 108 Å². The van der Waals surface area contributed by atoms with Crippen LogP contribution in [0, 0.1) is 11.3 Å². The molecule has 0 bridgehead atoms. The maximum atomic E-state index is 12.2. The van der Waals surface area contributed by atoms with E-state index in [2.05, 4.69) is 16.7 Å². The summed E-state index contributed by atoms with van der Waals surface area (Å²) in [5.74, 6) is -1.34. The average molecular weight is 411 g/mol. The van der Waals surface area contributed by atoms with Crippen molar-refractivity contribution in [2.45, 2.75) is 39.0 Å². The Labute approximate surface area is 172 Å². The highest BCUT2D eigenvalue weighted by Crippen LogP contribution is 2.36. The van der Waals surface area contributed by atoms with Crippen LogP contribution in [0.15, 0.2) is 24.3 Å². The molecule has 3 rings (SSSR count). The van der Waals surface area contributed by atoms with Crippen LogP contribution in [0.5, 0.6) is 0 Å². The Morgan fingerprint density at radius 3 is 2.52 bits per heavy atom. The molecule has 2 aromatic rings. The first-order chi connectivity index (χ1) is 14.0. The number of carbonyl (C=O) groups excluding carboxylic acids is 3. The summed E-state index contributed by atoms with van der Waals surface area (Å²) in [6.45, 7) is 0.948. The third kappa shape index (κ3) is 5.21. The molecule has 0 unspecified atom stereocenters. The van der Waals surface area contributed by atoms with Crippen molar-refractivity contribution in [3.8, 4) is 6.07 Å². The second kappa shape index (κ2) is 9.34. The number of ether oxygens (including phenoxy) is 1. The lowest BCUT2D eigenvalue weighted by molar-refractivity contribution is -0.119. The number of fused-ring (bicyclic) bond motifs is 1. The standard InChI is InChI=1S/C21H21N3O4S/c1-13(25)23-15-9-7-14(8-10-15)21(27)28-12-19(26)24-20-17(11-22)16-5-3-2-4-6-18(16)29-20/h7-10H,2-6,12H2,1H3,(H,23,25)(H,24,26). The average Bonchev–Trinajstić information content (AvgIpc) is 2.85. The van der Waals surface area contributed by atoms with E-state index in [-0.39, 0.29) is 11.5 Å². The largest absolute Gasteiger partial charge is 0.452 e. The predicted molar refractivity (Wildman–Crippen MR) is 110 cm³/mol. The van der Waals surface area contributed by atoms with Gasteiger partial charge in [0.2, 0.25) is 5.91 Å². The van der Waals surface area contributed by atoms with Crippen molar-refractivity contribution in [1.82, 2.24) is 0 Å². The van der Waals surface area contributed by atoms with Crippen molar-refractivity contribution < 1.29 is 19.1 Å². The number of amides is 2. The van der Waals surface area contributed by atoms with E-state index in [0.717, 1.165) is 42.5 Å². The molecule has 150 valence electrons. The lowest BCUT2D eigenvalue weighted by atomic mass is 10.1. The zero-order valence-electron chi connectivity index (χ0n) is 16.0. The Morgan fingerprint density at radius 2 is 1.83 bits per heavy atom. The summed E-state index contributed by atoms with van der Waals surface area (Å²) in [7, 11) is 0. The van der Waals surface area contributed by atoms with E-state index >= 15 is 0 Å². The minimum atomic E-state index is -0.642. The highest BCUT2D eigenvalue weighted by molar-refractivity contribution is 7.16. The third-order valence-electron chi connectivity index (χ3n) is 4.56. The van der Waals surface area contributed by atoms with Crippen molar-refractivity contribution >= 4 is 39.8 Å². The van der Waals surface area contributed by atoms with Gasteiger partial charge in [-0.05, 0) is 55.5 Å². The van der Waals surface area contributed by atoms with Crippen molar-refractivity contribution in [3.05, 3.63) is 45.8 Å². The number of hydrogen-bond acceptors (Lipinski definition) is 6. The van der Waals surface area contributed by atoms with E-state index in [4.69, 9.17) is 4.74 Å². The summed E-state index contributed by atoms with van der Waals surface area (Å²) in [5, 5.41) is 15.3. The van der Waals surface area contributed by atoms with Gasteiger partial charge >= 0.3 is 5.97 Å².